The van der Waals surface area contributed by atoms with E-state index in [1.807, 2.05) is 0 Å². The molecule has 146 valence electrons. The number of anilines is 1. The number of sulfonamides is 1. The summed E-state index contributed by atoms with van der Waals surface area (Å²) in [6.45, 7) is 1.70. The fourth-order valence-electron chi connectivity index (χ4n) is 4.03. The fourth-order valence-corrected chi connectivity index (χ4v) is 4.76. The van der Waals surface area contributed by atoms with Crippen molar-refractivity contribution in [3.63, 3.8) is 0 Å². The van der Waals surface area contributed by atoms with Crippen molar-refractivity contribution in [2.45, 2.75) is 44.6 Å². The Balaban J connectivity index is 1.40. The number of hydrogen-bond acceptors (Lipinski definition) is 5. The van der Waals surface area contributed by atoms with Gasteiger partial charge in [0.15, 0.2) is 0 Å². The van der Waals surface area contributed by atoms with E-state index < -0.39 is 16.1 Å². The van der Waals surface area contributed by atoms with Crippen molar-refractivity contribution in [1.82, 2.24) is 10.0 Å². The molecule has 1 heterocycles. The van der Waals surface area contributed by atoms with Crippen LogP contribution in [-0.2, 0) is 40.4 Å². The van der Waals surface area contributed by atoms with Crippen LogP contribution < -0.4 is 15.4 Å². The summed E-state index contributed by atoms with van der Waals surface area (Å²) in [6.07, 6.45) is 7.57. The van der Waals surface area contributed by atoms with Gasteiger partial charge in [0.25, 0.3) is 10.0 Å². The molecule has 4 rings (SSSR count). The summed E-state index contributed by atoms with van der Waals surface area (Å²) in [6, 6.07) is 1.85. The molecule has 27 heavy (non-hydrogen) atoms. The summed E-state index contributed by atoms with van der Waals surface area (Å²) in [7, 11) is -3.83. The lowest BCUT2D eigenvalue weighted by Crippen LogP contribution is -2.45. The van der Waals surface area contributed by atoms with Gasteiger partial charge in [-0.15, -0.1) is 0 Å². The number of rotatable bonds is 6. The van der Waals surface area contributed by atoms with E-state index in [9.17, 15) is 13.2 Å². The van der Waals surface area contributed by atoms with Gasteiger partial charge in [-0.1, -0.05) is 12.1 Å². The normalized spacial score (nSPS) is 19.0. The number of benzene rings is 1. The lowest BCUT2D eigenvalue weighted by atomic mass is 9.99. The number of urea groups is 1. The number of aryl methyl sites for hydroxylation is 2. The zero-order chi connectivity index (χ0) is 18.9. The summed E-state index contributed by atoms with van der Waals surface area (Å²) in [4.78, 5) is 12.4. The van der Waals surface area contributed by atoms with Crippen LogP contribution in [0.1, 0.15) is 35.1 Å². The summed E-state index contributed by atoms with van der Waals surface area (Å²) in [5, 5.41) is 6.99. The molecule has 7 nitrogen and oxygen atoms in total. The lowest BCUT2D eigenvalue weighted by Gasteiger charge is -2.26. The van der Waals surface area contributed by atoms with Crippen LogP contribution in [0.3, 0.4) is 0 Å². The summed E-state index contributed by atoms with van der Waals surface area (Å²) in [5.41, 5.74) is 5.76. The molecule has 0 unspecified atom stereocenters. The summed E-state index contributed by atoms with van der Waals surface area (Å²) >= 11 is 0. The Hall–Kier alpha value is -1.90. The minimum absolute atomic E-state index is 0.274. The molecule has 1 aromatic rings. The smallest absolute Gasteiger partial charge is 0.333 e. The van der Waals surface area contributed by atoms with E-state index in [-0.39, 0.29) is 6.04 Å². The van der Waals surface area contributed by atoms with Gasteiger partial charge in [-0.2, -0.15) is 0 Å². The van der Waals surface area contributed by atoms with Crippen molar-refractivity contribution in [2.75, 3.05) is 25.1 Å². The zero-order valence-electron chi connectivity index (χ0n) is 15.2. The maximum atomic E-state index is 12.4. The van der Waals surface area contributed by atoms with Gasteiger partial charge in [-0.3, -0.25) is 0 Å². The molecular weight excluding hydrogens is 366 g/mol. The van der Waals surface area contributed by atoms with E-state index in [1.165, 1.54) is 28.3 Å². The Kier molecular flexibility index (Phi) is 5.21. The maximum Gasteiger partial charge on any atom is 0.333 e. The molecule has 0 bridgehead atoms. The first kappa shape index (κ1) is 18.5. The maximum absolute atomic E-state index is 12.4. The monoisotopic (exact) mass is 391 g/mol. The third-order valence-electron chi connectivity index (χ3n) is 5.38. The van der Waals surface area contributed by atoms with Crippen molar-refractivity contribution in [2.24, 2.45) is 0 Å². The Labute approximate surface area is 159 Å². The third kappa shape index (κ3) is 4.17. The van der Waals surface area contributed by atoms with E-state index >= 15 is 0 Å². The van der Waals surface area contributed by atoms with Crippen molar-refractivity contribution in [1.29, 1.82) is 0 Å². The van der Waals surface area contributed by atoms with Crippen molar-refractivity contribution < 1.29 is 17.9 Å². The standard InChI is InChI=1S/C19H25N3O4S/c23-19(22-27(24,25)9-3-8-20-15-11-26-12-15)21-18-16-6-1-4-13(16)10-14-5-2-7-17(14)18/h3,9-10,15,20H,1-2,4-8,11-12H2,(H2,21,22,23)/b9-3+. The minimum Gasteiger partial charge on any atom is -0.378 e. The topological polar surface area (TPSA) is 96.5 Å². The van der Waals surface area contributed by atoms with Crippen LogP contribution in [0, 0.1) is 0 Å². The van der Waals surface area contributed by atoms with Gasteiger partial charge in [0, 0.05) is 17.6 Å². The highest BCUT2D eigenvalue weighted by molar-refractivity contribution is 7.92. The number of carbonyl (C=O) groups excluding carboxylic acids is 1. The van der Waals surface area contributed by atoms with Crippen LogP contribution >= 0.6 is 0 Å². The molecule has 0 saturated carbocycles. The van der Waals surface area contributed by atoms with E-state index in [4.69, 9.17) is 4.74 Å². The predicted molar refractivity (Wildman–Crippen MR) is 103 cm³/mol. The van der Waals surface area contributed by atoms with Crippen LogP contribution in [0.5, 0.6) is 0 Å². The number of carbonyl (C=O) groups is 1. The van der Waals surface area contributed by atoms with E-state index in [0.717, 1.165) is 49.6 Å². The quantitative estimate of drug-likeness (QED) is 0.685. The van der Waals surface area contributed by atoms with Gasteiger partial charge in [-0.05, 0) is 60.8 Å². The average molecular weight is 391 g/mol. The van der Waals surface area contributed by atoms with Crippen LogP contribution in [0.4, 0.5) is 10.5 Å². The third-order valence-corrected chi connectivity index (χ3v) is 6.41. The lowest BCUT2D eigenvalue weighted by molar-refractivity contribution is -0.00345. The second-order valence-electron chi connectivity index (χ2n) is 7.35. The average Bonchev–Trinajstić information content (AvgIpc) is 3.20. The fraction of sp³-hybridized carbons (Fsp3) is 0.526. The van der Waals surface area contributed by atoms with E-state index in [2.05, 4.69) is 21.4 Å². The SMILES string of the molecule is O=C(Nc1c2c(cc3c1CCC3)CCC2)NS(=O)(=O)/C=C/CNC1COC1. The molecule has 2 amide bonds. The molecule has 0 radical (unpaired) electrons. The molecule has 0 atom stereocenters. The van der Waals surface area contributed by atoms with Gasteiger partial charge in [-0.25, -0.2) is 17.9 Å². The van der Waals surface area contributed by atoms with Gasteiger partial charge in [0.1, 0.15) is 0 Å². The highest BCUT2D eigenvalue weighted by atomic mass is 32.2. The molecular formula is C19H25N3O4S. The van der Waals surface area contributed by atoms with Crippen LogP contribution in [0.25, 0.3) is 0 Å². The highest BCUT2D eigenvalue weighted by Crippen LogP contribution is 2.38. The minimum atomic E-state index is -3.83. The van der Waals surface area contributed by atoms with Crippen LogP contribution in [0.15, 0.2) is 17.6 Å². The Morgan fingerprint density at radius 2 is 1.78 bits per heavy atom. The second kappa shape index (κ2) is 7.61. The Morgan fingerprint density at radius 1 is 1.11 bits per heavy atom. The molecule has 8 heteroatoms. The van der Waals surface area contributed by atoms with Crippen molar-refractivity contribution in [3.8, 4) is 0 Å². The summed E-state index contributed by atoms with van der Waals surface area (Å²) < 4.78 is 31.4. The first-order valence-corrected chi connectivity index (χ1v) is 11.0. The number of fused-ring (bicyclic) bond motifs is 2. The molecule has 3 aliphatic rings. The largest absolute Gasteiger partial charge is 0.378 e. The molecule has 1 fully saturated rings. The van der Waals surface area contributed by atoms with Gasteiger partial charge in [0.05, 0.1) is 19.3 Å². The molecule has 0 spiro atoms. The van der Waals surface area contributed by atoms with E-state index in [1.54, 1.807) is 0 Å². The number of amides is 2. The zero-order valence-corrected chi connectivity index (χ0v) is 16.0. The van der Waals surface area contributed by atoms with Gasteiger partial charge in [0.2, 0.25) is 0 Å². The molecule has 1 aliphatic heterocycles. The molecule has 1 aromatic carbocycles. The second-order valence-corrected chi connectivity index (χ2v) is 8.92. The molecule has 2 aliphatic carbocycles. The summed E-state index contributed by atoms with van der Waals surface area (Å²) in [5.74, 6) is 0. The highest BCUT2D eigenvalue weighted by Gasteiger charge is 2.25. The Bertz CT molecular complexity index is 843. The molecule has 0 aromatic heterocycles. The molecule has 3 N–H and O–H groups in total. The first-order valence-electron chi connectivity index (χ1n) is 9.50. The Morgan fingerprint density at radius 3 is 2.37 bits per heavy atom. The predicted octanol–water partition coefficient (Wildman–Crippen LogP) is 1.62. The van der Waals surface area contributed by atoms with Crippen molar-refractivity contribution >= 4 is 21.7 Å². The number of hydrogen-bond donors (Lipinski definition) is 3. The van der Waals surface area contributed by atoms with Gasteiger partial charge >= 0.3 is 6.03 Å². The van der Waals surface area contributed by atoms with Gasteiger partial charge < -0.3 is 15.4 Å². The first-order chi connectivity index (χ1) is 13.0. The number of nitrogens with one attached hydrogen (secondary N) is 3. The van der Waals surface area contributed by atoms with Crippen molar-refractivity contribution in [3.05, 3.63) is 39.8 Å². The van der Waals surface area contributed by atoms with Crippen LogP contribution in [0.2, 0.25) is 0 Å². The molecule has 1 saturated heterocycles. The number of ether oxygens (including phenoxy) is 1. The van der Waals surface area contributed by atoms with Crippen LogP contribution in [-0.4, -0.2) is 40.2 Å². The van der Waals surface area contributed by atoms with E-state index in [0.29, 0.717) is 19.8 Å².